The number of hydrogen-bond donors (Lipinski definition) is 2. The molecule has 4 nitrogen and oxygen atoms in total. The van der Waals surface area contributed by atoms with Gasteiger partial charge in [0.1, 0.15) is 5.88 Å². The number of hydrogen-bond acceptors (Lipinski definition) is 4. The van der Waals surface area contributed by atoms with Gasteiger partial charge in [-0.2, -0.15) is 5.26 Å². The average Bonchev–Trinajstić information content (AvgIpc) is 2.59. The molecule has 2 aromatic carbocycles. The van der Waals surface area contributed by atoms with Crippen LogP contribution in [0.1, 0.15) is 17.8 Å². The van der Waals surface area contributed by atoms with E-state index in [1.54, 1.807) is 42.5 Å². The van der Waals surface area contributed by atoms with Gasteiger partial charge < -0.3 is 11.5 Å². The van der Waals surface area contributed by atoms with Gasteiger partial charge in [0.15, 0.2) is 5.78 Å². The van der Waals surface area contributed by atoms with Crippen molar-refractivity contribution < 1.29 is 4.79 Å². The minimum Gasteiger partial charge on any atom is -0.399 e. The summed E-state index contributed by atoms with van der Waals surface area (Å²) in [5.74, 6) is -0.193. The van der Waals surface area contributed by atoms with Crippen LogP contribution in [0.15, 0.2) is 42.5 Å². The van der Waals surface area contributed by atoms with Crippen molar-refractivity contribution in [3.05, 3.63) is 58.1 Å². The molecule has 0 saturated carbocycles. The van der Waals surface area contributed by atoms with Gasteiger partial charge in [0.25, 0.3) is 0 Å². The van der Waals surface area contributed by atoms with E-state index < -0.39 is 0 Å². The number of halogens is 4. The number of alkyl halides is 2. The maximum absolute atomic E-state index is 11.1. The van der Waals surface area contributed by atoms with E-state index in [2.05, 4.69) is 0 Å². The molecule has 0 heterocycles. The lowest BCUT2D eigenvalue weighted by Crippen LogP contribution is -2.04. The lowest BCUT2D eigenvalue weighted by atomic mass is 10.1. The fourth-order valence-electron chi connectivity index (χ4n) is 1.30. The summed E-state index contributed by atoms with van der Waals surface area (Å²) in [6.45, 7) is 0. The summed E-state index contributed by atoms with van der Waals surface area (Å²) >= 11 is 21.4. The van der Waals surface area contributed by atoms with E-state index in [1.807, 2.05) is 0 Å². The highest BCUT2D eigenvalue weighted by Crippen LogP contribution is 2.18. The van der Waals surface area contributed by atoms with Crippen molar-refractivity contribution >= 4 is 63.6 Å². The number of benzene rings is 2. The summed E-state index contributed by atoms with van der Waals surface area (Å²) in [5, 5.41) is 8.70. The van der Waals surface area contributed by atoms with E-state index in [-0.39, 0.29) is 25.0 Å². The molecule has 0 spiro atoms. The van der Waals surface area contributed by atoms with Gasteiger partial charge in [0.05, 0.1) is 11.9 Å². The maximum Gasteiger partial charge on any atom is 0.179 e. The van der Waals surface area contributed by atoms with Crippen LogP contribution in [0.2, 0.25) is 10.0 Å². The smallest absolute Gasteiger partial charge is 0.179 e. The number of Topliss-reactive ketones (excluding diaryl/α,β-unsaturated/α-hetero) is 1. The van der Waals surface area contributed by atoms with Crippen LogP contribution in [0.3, 0.4) is 0 Å². The Bertz CT molecular complexity index is 664. The first-order chi connectivity index (χ1) is 11.3. The summed E-state index contributed by atoms with van der Waals surface area (Å²) in [5.41, 5.74) is 12.4. The van der Waals surface area contributed by atoms with E-state index in [0.717, 1.165) is 10.7 Å². The van der Waals surface area contributed by atoms with Gasteiger partial charge >= 0.3 is 0 Å². The SMILES string of the molecule is C.N#CCCl.Nc1ccc(Cl)cc1.Nc1ccc(Cl)cc1C(=O)CCl. The van der Waals surface area contributed by atoms with Gasteiger partial charge in [0.2, 0.25) is 0 Å². The number of carbonyl (C=O) groups is 1. The topological polar surface area (TPSA) is 92.9 Å². The zero-order chi connectivity index (χ0) is 18.5. The average molecular weight is 423 g/mol. The van der Waals surface area contributed by atoms with Gasteiger partial charge in [-0.15, -0.1) is 23.2 Å². The molecule has 0 radical (unpaired) electrons. The summed E-state index contributed by atoms with van der Waals surface area (Å²) in [4.78, 5) is 11.1. The predicted octanol–water partition coefficient (Wildman–Crippen LogP) is 5.65. The fraction of sp³-hybridized carbons (Fsp3) is 0.176. The van der Waals surface area contributed by atoms with Crippen LogP contribution in [-0.2, 0) is 0 Å². The molecule has 0 aliphatic heterocycles. The zero-order valence-electron chi connectivity index (χ0n) is 12.5. The molecule has 0 aliphatic rings. The third kappa shape index (κ3) is 11.5. The first kappa shape index (κ1) is 25.6. The molecule has 2 aromatic rings. The predicted molar refractivity (Wildman–Crippen MR) is 110 cm³/mol. The quantitative estimate of drug-likeness (QED) is 0.371. The summed E-state index contributed by atoms with van der Waals surface area (Å²) in [6.07, 6.45) is 0. The van der Waals surface area contributed by atoms with Gasteiger partial charge in [0, 0.05) is 27.0 Å². The van der Waals surface area contributed by atoms with E-state index in [4.69, 9.17) is 63.1 Å². The minimum atomic E-state index is -0.211. The van der Waals surface area contributed by atoms with Crippen LogP contribution in [-0.4, -0.2) is 17.5 Å². The van der Waals surface area contributed by atoms with E-state index in [1.165, 1.54) is 6.07 Å². The summed E-state index contributed by atoms with van der Waals surface area (Å²) < 4.78 is 0. The lowest BCUT2D eigenvalue weighted by Gasteiger charge is -2.01. The fourth-order valence-corrected chi connectivity index (χ4v) is 1.75. The highest BCUT2D eigenvalue weighted by Gasteiger charge is 2.08. The normalized spacial score (nSPS) is 8.44. The van der Waals surface area contributed by atoms with Gasteiger partial charge in [-0.25, -0.2) is 0 Å². The van der Waals surface area contributed by atoms with Gasteiger partial charge in [-0.3, -0.25) is 4.79 Å². The molecule has 0 fully saturated rings. The van der Waals surface area contributed by atoms with Crippen LogP contribution in [0, 0.1) is 11.3 Å². The first-order valence-electron chi connectivity index (χ1n) is 6.43. The molecule has 8 heteroatoms. The van der Waals surface area contributed by atoms with Gasteiger partial charge in [-0.1, -0.05) is 30.6 Å². The monoisotopic (exact) mass is 421 g/mol. The third-order valence-electron chi connectivity index (χ3n) is 2.37. The van der Waals surface area contributed by atoms with Crippen molar-refractivity contribution in [2.24, 2.45) is 0 Å². The summed E-state index contributed by atoms with van der Waals surface area (Å²) in [7, 11) is 0. The number of nitriles is 1. The molecule has 4 N–H and O–H groups in total. The van der Waals surface area contributed by atoms with Crippen molar-refractivity contribution in [2.75, 3.05) is 23.2 Å². The largest absolute Gasteiger partial charge is 0.399 e. The lowest BCUT2D eigenvalue weighted by molar-refractivity contribution is 0.102. The molecule has 25 heavy (non-hydrogen) atoms. The molecule has 0 amide bonds. The number of rotatable bonds is 2. The van der Waals surface area contributed by atoms with Crippen molar-refractivity contribution in [1.82, 2.24) is 0 Å². The molecule has 0 atom stereocenters. The Morgan fingerprint density at radius 1 is 1.00 bits per heavy atom. The maximum atomic E-state index is 11.1. The number of nitrogens with two attached hydrogens (primary N) is 2. The molecular weight excluding hydrogens is 404 g/mol. The zero-order valence-corrected chi connectivity index (χ0v) is 15.5. The molecule has 0 aromatic heterocycles. The molecule has 0 bridgehead atoms. The van der Waals surface area contributed by atoms with Crippen LogP contribution in [0.4, 0.5) is 11.4 Å². The Balaban J connectivity index is 0. The van der Waals surface area contributed by atoms with Crippen LogP contribution >= 0.6 is 46.4 Å². The number of ketones is 1. The third-order valence-corrected chi connectivity index (χ3v) is 3.22. The Hall–Kier alpha value is -1.64. The molecule has 0 saturated heterocycles. The van der Waals surface area contributed by atoms with Crippen molar-refractivity contribution in [3.8, 4) is 6.07 Å². The van der Waals surface area contributed by atoms with E-state index >= 15 is 0 Å². The Kier molecular flexibility index (Phi) is 15.0. The number of nitrogens with zero attached hydrogens (tertiary/aromatic N) is 1. The molecule has 0 aliphatic carbocycles. The van der Waals surface area contributed by atoms with Crippen molar-refractivity contribution in [2.45, 2.75) is 7.43 Å². The van der Waals surface area contributed by atoms with Gasteiger partial charge in [-0.05, 0) is 42.5 Å². The Morgan fingerprint density at radius 2 is 1.48 bits per heavy atom. The molecular formula is C17H19Cl4N3O. The Labute approximate surface area is 168 Å². The number of carbonyl (C=O) groups excluding carboxylic acids is 1. The van der Waals surface area contributed by atoms with Crippen molar-refractivity contribution in [3.63, 3.8) is 0 Å². The second-order valence-corrected chi connectivity index (χ2v) is 5.54. The van der Waals surface area contributed by atoms with E-state index in [9.17, 15) is 4.79 Å². The molecule has 0 unspecified atom stereocenters. The van der Waals surface area contributed by atoms with Crippen LogP contribution in [0.25, 0.3) is 0 Å². The van der Waals surface area contributed by atoms with Crippen LogP contribution < -0.4 is 11.5 Å². The number of anilines is 2. The Morgan fingerprint density at radius 3 is 1.88 bits per heavy atom. The number of nitrogen functional groups attached to an aromatic ring is 2. The highest BCUT2D eigenvalue weighted by molar-refractivity contribution is 6.33. The second kappa shape index (κ2) is 14.7. The molecule has 2 rings (SSSR count). The van der Waals surface area contributed by atoms with Crippen LogP contribution in [0.5, 0.6) is 0 Å². The standard InChI is InChI=1S/C8H7Cl2NO.C6H6ClN.C2H2ClN.CH4/c9-4-8(12)6-3-5(10)1-2-7(6)11;7-5-1-3-6(8)4-2-5;3-1-2-4;/h1-3H,4,11H2;1-4H,8H2;1H2;1H4. The van der Waals surface area contributed by atoms with Crippen molar-refractivity contribution in [1.29, 1.82) is 5.26 Å². The van der Waals surface area contributed by atoms with E-state index in [0.29, 0.717) is 16.3 Å². The minimum absolute atomic E-state index is 0. The summed E-state index contributed by atoms with van der Waals surface area (Å²) in [6, 6.07) is 13.5. The first-order valence-corrected chi connectivity index (χ1v) is 8.26. The second-order valence-electron chi connectivity index (χ2n) is 4.13. The molecule has 136 valence electrons. The highest BCUT2D eigenvalue weighted by atomic mass is 35.5.